The van der Waals surface area contributed by atoms with E-state index in [4.69, 9.17) is 4.74 Å². The van der Waals surface area contributed by atoms with Gasteiger partial charge in [0.15, 0.2) is 0 Å². The lowest BCUT2D eigenvalue weighted by molar-refractivity contribution is 0.306. The van der Waals surface area contributed by atoms with Crippen molar-refractivity contribution in [2.45, 2.75) is 6.61 Å². The average molecular weight is 283 g/mol. The van der Waals surface area contributed by atoms with Gasteiger partial charge in [-0.15, -0.1) is 11.3 Å². The Bertz CT molecular complexity index is 703. The second-order valence-electron chi connectivity index (χ2n) is 4.95. The summed E-state index contributed by atoms with van der Waals surface area (Å²) < 4.78 is 7.13. The summed E-state index contributed by atoms with van der Waals surface area (Å²) in [7, 11) is 4.13. The molecule has 0 aliphatic heterocycles. The van der Waals surface area contributed by atoms with Crippen LogP contribution in [0.1, 0.15) is 5.56 Å². The van der Waals surface area contributed by atoms with Crippen LogP contribution in [0.4, 0.5) is 5.00 Å². The molecule has 2 aromatic carbocycles. The third-order valence-electron chi connectivity index (χ3n) is 3.17. The minimum Gasteiger partial charge on any atom is -0.489 e. The fourth-order valence-corrected chi connectivity index (χ4v) is 3.06. The molecule has 0 aliphatic carbocycles. The first-order valence-electron chi connectivity index (χ1n) is 6.60. The number of fused-ring (bicyclic) bond motifs is 1. The number of nitrogens with zero attached hydrogens (tertiary/aromatic N) is 1. The normalized spacial score (nSPS) is 10.7. The summed E-state index contributed by atoms with van der Waals surface area (Å²) in [6.07, 6.45) is 0. The molecule has 0 unspecified atom stereocenters. The molecule has 3 heteroatoms. The van der Waals surface area contributed by atoms with Gasteiger partial charge in [0.1, 0.15) is 12.4 Å². The molecule has 0 saturated heterocycles. The quantitative estimate of drug-likeness (QED) is 0.696. The highest BCUT2D eigenvalue weighted by Crippen LogP contribution is 2.33. The van der Waals surface area contributed by atoms with Crippen LogP contribution in [-0.4, -0.2) is 14.1 Å². The Morgan fingerprint density at radius 1 is 1.00 bits per heavy atom. The van der Waals surface area contributed by atoms with Crippen molar-refractivity contribution in [3.63, 3.8) is 0 Å². The van der Waals surface area contributed by atoms with E-state index in [-0.39, 0.29) is 0 Å². The number of anilines is 1. The van der Waals surface area contributed by atoms with E-state index >= 15 is 0 Å². The van der Waals surface area contributed by atoms with Crippen molar-refractivity contribution < 1.29 is 4.74 Å². The summed E-state index contributed by atoms with van der Waals surface area (Å²) in [5.41, 5.74) is 1.19. The number of rotatable bonds is 4. The zero-order valence-electron chi connectivity index (χ0n) is 11.7. The highest BCUT2D eigenvalue weighted by molar-refractivity contribution is 7.22. The van der Waals surface area contributed by atoms with E-state index in [1.54, 1.807) is 11.3 Å². The summed E-state index contributed by atoms with van der Waals surface area (Å²) in [5, 5.41) is 2.53. The Morgan fingerprint density at radius 2 is 1.80 bits per heavy atom. The van der Waals surface area contributed by atoms with Gasteiger partial charge >= 0.3 is 0 Å². The summed E-state index contributed by atoms with van der Waals surface area (Å²) in [5.74, 6) is 0.925. The molecule has 2 nitrogen and oxygen atoms in total. The van der Waals surface area contributed by atoms with E-state index in [9.17, 15) is 0 Å². The van der Waals surface area contributed by atoms with E-state index in [0.29, 0.717) is 6.61 Å². The van der Waals surface area contributed by atoms with Crippen LogP contribution in [-0.2, 0) is 6.61 Å². The van der Waals surface area contributed by atoms with Crippen molar-refractivity contribution in [3.8, 4) is 5.75 Å². The van der Waals surface area contributed by atoms with Gasteiger partial charge in [-0.3, -0.25) is 0 Å². The van der Waals surface area contributed by atoms with Crippen molar-refractivity contribution >= 4 is 26.4 Å². The smallest absolute Gasteiger partial charge is 0.121 e. The molecule has 0 saturated carbocycles. The topological polar surface area (TPSA) is 12.5 Å². The van der Waals surface area contributed by atoms with Gasteiger partial charge < -0.3 is 9.64 Å². The molecule has 0 fully saturated rings. The van der Waals surface area contributed by atoms with Gasteiger partial charge in [-0.25, -0.2) is 0 Å². The van der Waals surface area contributed by atoms with Crippen molar-refractivity contribution in [1.29, 1.82) is 0 Å². The molecule has 0 radical (unpaired) electrons. The molecule has 3 aromatic rings. The number of hydrogen-bond donors (Lipinski definition) is 0. The highest BCUT2D eigenvalue weighted by atomic mass is 32.1. The standard InChI is InChI=1S/C17H17NOS/c1-18(2)17-10-14-8-9-15(11-16(14)20-17)19-12-13-6-4-3-5-7-13/h3-11H,12H2,1-2H3. The fourth-order valence-electron chi connectivity index (χ4n) is 2.05. The molecule has 20 heavy (non-hydrogen) atoms. The molecule has 1 aromatic heterocycles. The maximum Gasteiger partial charge on any atom is 0.121 e. The first-order chi connectivity index (χ1) is 9.72. The summed E-state index contributed by atoms with van der Waals surface area (Å²) >= 11 is 1.79. The lowest BCUT2D eigenvalue weighted by Gasteiger charge is -2.06. The van der Waals surface area contributed by atoms with Crippen LogP contribution in [0.5, 0.6) is 5.75 Å². The average Bonchev–Trinajstić information content (AvgIpc) is 2.89. The second kappa shape index (κ2) is 5.55. The summed E-state index contributed by atoms with van der Waals surface area (Å²) in [6.45, 7) is 0.609. The Balaban J connectivity index is 1.78. The van der Waals surface area contributed by atoms with Crippen LogP contribution in [0.3, 0.4) is 0 Å². The van der Waals surface area contributed by atoms with Crippen molar-refractivity contribution in [2.75, 3.05) is 19.0 Å². The molecule has 0 bridgehead atoms. The van der Waals surface area contributed by atoms with E-state index in [1.807, 2.05) is 24.3 Å². The molecule has 1 heterocycles. The van der Waals surface area contributed by atoms with Gasteiger partial charge in [-0.05, 0) is 35.2 Å². The number of benzene rings is 2. The molecular weight excluding hydrogens is 266 g/mol. The molecule has 102 valence electrons. The molecule has 0 atom stereocenters. The largest absolute Gasteiger partial charge is 0.489 e. The Morgan fingerprint density at radius 3 is 2.55 bits per heavy atom. The Kier molecular flexibility index (Phi) is 3.61. The molecule has 0 aliphatic rings. The first kappa shape index (κ1) is 13.0. The van der Waals surface area contributed by atoms with Gasteiger partial charge in [0.2, 0.25) is 0 Å². The predicted molar refractivity (Wildman–Crippen MR) is 86.9 cm³/mol. The van der Waals surface area contributed by atoms with Crippen LogP contribution in [0.25, 0.3) is 10.1 Å². The zero-order valence-corrected chi connectivity index (χ0v) is 12.5. The van der Waals surface area contributed by atoms with Crippen LogP contribution in [0.2, 0.25) is 0 Å². The van der Waals surface area contributed by atoms with Gasteiger partial charge in [0.25, 0.3) is 0 Å². The van der Waals surface area contributed by atoms with Crippen LogP contribution < -0.4 is 9.64 Å². The molecular formula is C17H17NOS. The first-order valence-corrected chi connectivity index (χ1v) is 7.42. The van der Waals surface area contributed by atoms with E-state index in [0.717, 1.165) is 5.75 Å². The fraction of sp³-hybridized carbons (Fsp3) is 0.176. The Labute approximate surface area is 123 Å². The second-order valence-corrected chi connectivity index (χ2v) is 6.02. The SMILES string of the molecule is CN(C)c1cc2ccc(OCc3ccccc3)cc2s1. The van der Waals surface area contributed by atoms with Gasteiger partial charge in [-0.2, -0.15) is 0 Å². The number of thiophene rings is 1. The van der Waals surface area contributed by atoms with Crippen LogP contribution in [0, 0.1) is 0 Å². The third-order valence-corrected chi connectivity index (χ3v) is 4.43. The van der Waals surface area contributed by atoms with Crippen molar-refractivity contribution in [3.05, 3.63) is 60.2 Å². The van der Waals surface area contributed by atoms with Gasteiger partial charge in [0, 0.05) is 18.8 Å². The maximum atomic E-state index is 5.86. The van der Waals surface area contributed by atoms with E-state index in [2.05, 4.69) is 49.3 Å². The maximum absolute atomic E-state index is 5.86. The highest BCUT2D eigenvalue weighted by Gasteiger charge is 2.05. The summed E-state index contributed by atoms with van der Waals surface area (Å²) in [4.78, 5) is 2.13. The predicted octanol–water partition coefficient (Wildman–Crippen LogP) is 4.55. The Hall–Kier alpha value is -2.00. The van der Waals surface area contributed by atoms with Gasteiger partial charge in [-0.1, -0.05) is 30.3 Å². The molecule has 0 spiro atoms. The van der Waals surface area contributed by atoms with Crippen LogP contribution in [0.15, 0.2) is 54.6 Å². The lowest BCUT2D eigenvalue weighted by Crippen LogP contribution is -2.05. The molecule has 3 rings (SSSR count). The number of ether oxygens (including phenoxy) is 1. The third kappa shape index (κ3) is 2.78. The summed E-state index contributed by atoms with van der Waals surface area (Å²) in [6, 6.07) is 18.7. The van der Waals surface area contributed by atoms with Gasteiger partial charge in [0.05, 0.1) is 5.00 Å². The zero-order chi connectivity index (χ0) is 13.9. The van der Waals surface area contributed by atoms with Crippen molar-refractivity contribution in [1.82, 2.24) is 0 Å². The lowest BCUT2D eigenvalue weighted by atomic mass is 10.2. The minimum atomic E-state index is 0.609. The van der Waals surface area contributed by atoms with E-state index < -0.39 is 0 Å². The molecule has 0 amide bonds. The number of hydrogen-bond acceptors (Lipinski definition) is 3. The molecule has 0 N–H and O–H groups in total. The van der Waals surface area contributed by atoms with Crippen molar-refractivity contribution in [2.24, 2.45) is 0 Å². The monoisotopic (exact) mass is 283 g/mol. The minimum absolute atomic E-state index is 0.609. The van der Waals surface area contributed by atoms with Crippen LogP contribution >= 0.6 is 11.3 Å². The van der Waals surface area contributed by atoms with E-state index in [1.165, 1.54) is 20.7 Å².